The summed E-state index contributed by atoms with van der Waals surface area (Å²) in [7, 11) is -3.66. The fourth-order valence-corrected chi connectivity index (χ4v) is 6.21. The number of nitrogens with one attached hydrogen (secondary N) is 1. The lowest BCUT2D eigenvalue weighted by atomic mass is 10.2. The first kappa shape index (κ1) is 18.8. The first-order valence-corrected chi connectivity index (χ1v) is 11.2. The third-order valence-corrected chi connectivity index (χ3v) is 7.74. The van der Waals surface area contributed by atoms with Crippen LogP contribution in [-0.2, 0) is 10.0 Å². The van der Waals surface area contributed by atoms with Crippen LogP contribution < -0.4 is 5.32 Å². The molecule has 1 amide bonds. The van der Waals surface area contributed by atoms with Crippen LogP contribution in [0.3, 0.4) is 0 Å². The third-order valence-electron chi connectivity index (χ3n) is 3.95. The van der Waals surface area contributed by atoms with Crippen molar-refractivity contribution in [2.75, 3.05) is 18.4 Å². The molecule has 0 radical (unpaired) electrons. The lowest BCUT2D eigenvalue weighted by Gasteiger charge is -2.25. The Morgan fingerprint density at radius 1 is 1.20 bits per heavy atom. The number of thiophene rings is 1. The molecule has 3 rings (SSSR count). The van der Waals surface area contributed by atoms with Crippen molar-refractivity contribution in [2.45, 2.75) is 24.2 Å². The van der Waals surface area contributed by atoms with Crippen LogP contribution in [-0.4, -0.2) is 31.7 Å². The topological polar surface area (TPSA) is 66.5 Å². The standard InChI is InChI=1S/C16H16BrClN2O3S2/c17-11-4-5-13(12(18)10-11)19-16(21)15-14(6-9-24-15)25(22,23)20-7-2-1-3-8-20/h4-6,9-10H,1-3,7-8H2,(H,19,21). The lowest BCUT2D eigenvalue weighted by molar-refractivity contribution is 0.102. The summed E-state index contributed by atoms with van der Waals surface area (Å²) in [5.74, 6) is -0.477. The summed E-state index contributed by atoms with van der Waals surface area (Å²) < 4.78 is 28.0. The normalized spacial score (nSPS) is 15.9. The number of halogens is 2. The van der Waals surface area contributed by atoms with E-state index in [1.165, 1.54) is 10.4 Å². The number of hydrogen-bond acceptors (Lipinski definition) is 4. The molecule has 1 aliphatic rings. The molecule has 5 nitrogen and oxygen atoms in total. The van der Waals surface area contributed by atoms with Gasteiger partial charge in [0.15, 0.2) is 0 Å². The van der Waals surface area contributed by atoms with E-state index in [2.05, 4.69) is 21.2 Å². The van der Waals surface area contributed by atoms with Crippen molar-refractivity contribution in [3.63, 3.8) is 0 Å². The first-order valence-electron chi connectivity index (χ1n) is 7.73. The molecule has 2 aromatic rings. The van der Waals surface area contributed by atoms with Gasteiger partial charge in [-0.3, -0.25) is 4.79 Å². The Balaban J connectivity index is 1.86. The van der Waals surface area contributed by atoms with Crippen LogP contribution in [0, 0.1) is 0 Å². The maximum absolute atomic E-state index is 12.9. The Bertz CT molecular complexity index is 893. The van der Waals surface area contributed by atoms with Crippen molar-refractivity contribution in [1.82, 2.24) is 4.31 Å². The largest absolute Gasteiger partial charge is 0.320 e. The summed E-state index contributed by atoms with van der Waals surface area (Å²) in [5.41, 5.74) is 0.435. The van der Waals surface area contributed by atoms with E-state index in [0.29, 0.717) is 23.8 Å². The minimum atomic E-state index is -3.66. The SMILES string of the molecule is O=C(Nc1ccc(Br)cc1Cl)c1sccc1S(=O)(=O)N1CCCCC1. The van der Waals surface area contributed by atoms with E-state index < -0.39 is 15.9 Å². The highest BCUT2D eigenvalue weighted by atomic mass is 79.9. The van der Waals surface area contributed by atoms with E-state index in [-0.39, 0.29) is 9.77 Å². The molecule has 1 aromatic heterocycles. The first-order chi connectivity index (χ1) is 11.9. The van der Waals surface area contributed by atoms with Gasteiger partial charge in [0.05, 0.1) is 10.7 Å². The smallest absolute Gasteiger partial charge is 0.267 e. The number of amides is 1. The van der Waals surface area contributed by atoms with Crippen LogP contribution in [0.4, 0.5) is 5.69 Å². The van der Waals surface area contributed by atoms with Crippen LogP contribution in [0.25, 0.3) is 0 Å². The number of carbonyl (C=O) groups is 1. The van der Waals surface area contributed by atoms with Gasteiger partial charge < -0.3 is 5.32 Å². The number of anilines is 1. The molecule has 1 N–H and O–H groups in total. The molecular formula is C16H16BrClN2O3S2. The van der Waals surface area contributed by atoms with E-state index in [1.807, 2.05) is 0 Å². The quantitative estimate of drug-likeness (QED) is 0.721. The summed E-state index contributed by atoms with van der Waals surface area (Å²) in [6.07, 6.45) is 2.73. The number of hydrogen-bond donors (Lipinski definition) is 1. The minimum Gasteiger partial charge on any atom is -0.320 e. The molecular weight excluding hydrogens is 448 g/mol. The fourth-order valence-electron chi connectivity index (χ4n) is 2.68. The van der Waals surface area contributed by atoms with Crippen molar-refractivity contribution in [1.29, 1.82) is 0 Å². The van der Waals surface area contributed by atoms with E-state index in [9.17, 15) is 13.2 Å². The zero-order chi connectivity index (χ0) is 18.0. The highest BCUT2D eigenvalue weighted by Gasteiger charge is 2.31. The van der Waals surface area contributed by atoms with Crippen LogP contribution >= 0.6 is 38.9 Å². The third kappa shape index (κ3) is 4.09. The zero-order valence-corrected chi connectivity index (χ0v) is 17.1. The van der Waals surface area contributed by atoms with Crippen LogP contribution in [0.2, 0.25) is 5.02 Å². The van der Waals surface area contributed by atoms with Gasteiger partial charge in [0, 0.05) is 17.6 Å². The number of piperidine rings is 1. The summed E-state index contributed by atoms with van der Waals surface area (Å²) >= 11 is 10.5. The van der Waals surface area contributed by atoms with Crippen LogP contribution in [0.15, 0.2) is 39.0 Å². The Hall–Kier alpha value is -0.930. The maximum Gasteiger partial charge on any atom is 0.267 e. The van der Waals surface area contributed by atoms with Crippen LogP contribution in [0.5, 0.6) is 0 Å². The molecule has 134 valence electrons. The number of rotatable bonds is 4. The zero-order valence-electron chi connectivity index (χ0n) is 13.2. The molecule has 1 saturated heterocycles. The van der Waals surface area contributed by atoms with Gasteiger partial charge in [-0.25, -0.2) is 8.42 Å². The molecule has 0 spiro atoms. The molecule has 0 aliphatic carbocycles. The number of carbonyl (C=O) groups excluding carboxylic acids is 1. The second-order valence-corrected chi connectivity index (χ2v) is 9.80. The maximum atomic E-state index is 12.9. The number of sulfonamides is 1. The van der Waals surface area contributed by atoms with Gasteiger partial charge in [0.2, 0.25) is 10.0 Å². The predicted molar refractivity (Wildman–Crippen MR) is 104 cm³/mol. The van der Waals surface area contributed by atoms with E-state index in [1.54, 1.807) is 23.6 Å². The van der Waals surface area contributed by atoms with Gasteiger partial charge in [-0.05, 0) is 42.5 Å². The van der Waals surface area contributed by atoms with Crippen molar-refractivity contribution in [3.8, 4) is 0 Å². The molecule has 25 heavy (non-hydrogen) atoms. The van der Waals surface area contributed by atoms with E-state index >= 15 is 0 Å². The van der Waals surface area contributed by atoms with Gasteiger partial charge in [-0.15, -0.1) is 11.3 Å². The van der Waals surface area contributed by atoms with E-state index in [0.717, 1.165) is 35.1 Å². The Kier molecular flexibility index (Phi) is 5.85. The van der Waals surface area contributed by atoms with Gasteiger partial charge in [-0.2, -0.15) is 4.31 Å². The Morgan fingerprint density at radius 3 is 2.60 bits per heavy atom. The van der Waals surface area contributed by atoms with Crippen molar-refractivity contribution >= 4 is 60.5 Å². The lowest BCUT2D eigenvalue weighted by Crippen LogP contribution is -2.36. The number of nitrogens with zero attached hydrogens (tertiary/aromatic N) is 1. The average molecular weight is 464 g/mol. The van der Waals surface area contributed by atoms with Gasteiger partial charge in [-0.1, -0.05) is 34.0 Å². The molecule has 0 bridgehead atoms. The molecule has 0 unspecified atom stereocenters. The Morgan fingerprint density at radius 2 is 1.92 bits per heavy atom. The van der Waals surface area contributed by atoms with E-state index in [4.69, 9.17) is 11.6 Å². The molecule has 9 heteroatoms. The molecule has 2 heterocycles. The summed E-state index contributed by atoms with van der Waals surface area (Å²) in [6, 6.07) is 6.57. The summed E-state index contributed by atoms with van der Waals surface area (Å²) in [4.78, 5) is 12.8. The monoisotopic (exact) mass is 462 g/mol. The Labute approximate surface area is 164 Å². The number of benzene rings is 1. The molecule has 0 atom stereocenters. The van der Waals surface area contributed by atoms with Crippen LogP contribution in [0.1, 0.15) is 28.9 Å². The second kappa shape index (κ2) is 7.75. The molecule has 1 aromatic carbocycles. The summed E-state index contributed by atoms with van der Waals surface area (Å²) in [6.45, 7) is 0.996. The average Bonchev–Trinajstić information content (AvgIpc) is 3.09. The van der Waals surface area contributed by atoms with Gasteiger partial charge in [0.25, 0.3) is 5.91 Å². The predicted octanol–water partition coefficient (Wildman–Crippen LogP) is 4.59. The highest BCUT2D eigenvalue weighted by Crippen LogP contribution is 2.30. The minimum absolute atomic E-state index is 0.0603. The van der Waals surface area contributed by atoms with Crippen molar-refractivity contribution in [3.05, 3.63) is 44.0 Å². The van der Waals surface area contributed by atoms with Gasteiger partial charge in [0.1, 0.15) is 9.77 Å². The van der Waals surface area contributed by atoms with Crippen molar-refractivity contribution < 1.29 is 13.2 Å². The summed E-state index contributed by atoms with van der Waals surface area (Å²) in [5, 5.41) is 4.69. The second-order valence-electron chi connectivity index (χ2n) is 5.66. The highest BCUT2D eigenvalue weighted by molar-refractivity contribution is 9.10. The molecule has 1 aliphatic heterocycles. The molecule has 1 fully saturated rings. The fraction of sp³-hybridized carbons (Fsp3) is 0.312. The van der Waals surface area contributed by atoms with Crippen molar-refractivity contribution in [2.24, 2.45) is 0 Å². The molecule has 0 saturated carbocycles. The van der Waals surface area contributed by atoms with Gasteiger partial charge >= 0.3 is 0 Å².